The monoisotopic (exact) mass is 503 g/mol. The zero-order chi connectivity index (χ0) is 25.6. The summed E-state index contributed by atoms with van der Waals surface area (Å²) < 4.78 is 0. The number of para-hydroxylation sites is 1. The fourth-order valence-corrected chi connectivity index (χ4v) is 5.41. The normalized spacial score (nSPS) is 18.1. The van der Waals surface area contributed by atoms with Crippen molar-refractivity contribution in [2.24, 2.45) is 11.8 Å². The topological polar surface area (TPSA) is 94.6 Å². The number of Topliss-reactive ketones (excluding diaryl/α,β-unsaturated/α-hetero) is 1. The average Bonchev–Trinajstić information content (AvgIpc) is 3.76. The molecule has 2 fully saturated rings. The number of hydrogen-bond donors (Lipinski definition) is 2. The molecule has 2 aliphatic heterocycles. The number of unbranched alkanes of at least 4 members (excludes halogenated alkanes) is 1. The maximum Gasteiger partial charge on any atom is 0.257 e. The third kappa shape index (κ3) is 6.43. The SMILES string of the molecule is O=C1Nc2cccnc2N(C(=O)CN2CCC(CCCCNCCC(=O)C3CC3)CC2)c2ccccc21. The summed E-state index contributed by atoms with van der Waals surface area (Å²) in [5.74, 6) is 1.66. The van der Waals surface area contributed by atoms with Crippen LogP contribution in [0.15, 0.2) is 42.6 Å². The molecule has 0 atom stereocenters. The number of hydrogen-bond acceptors (Lipinski definition) is 6. The van der Waals surface area contributed by atoms with Crippen LogP contribution in [0.2, 0.25) is 0 Å². The smallest absolute Gasteiger partial charge is 0.257 e. The lowest BCUT2D eigenvalue weighted by atomic mass is 9.91. The van der Waals surface area contributed by atoms with Crippen LogP contribution in [0.3, 0.4) is 0 Å². The second-order valence-corrected chi connectivity index (χ2v) is 10.5. The highest BCUT2D eigenvalue weighted by Crippen LogP contribution is 2.36. The van der Waals surface area contributed by atoms with Crippen LogP contribution in [0.25, 0.3) is 0 Å². The number of aromatic nitrogens is 1. The van der Waals surface area contributed by atoms with Gasteiger partial charge in [0.1, 0.15) is 5.78 Å². The van der Waals surface area contributed by atoms with E-state index < -0.39 is 0 Å². The number of ketones is 1. The maximum atomic E-state index is 13.6. The largest absolute Gasteiger partial charge is 0.319 e. The first-order valence-corrected chi connectivity index (χ1v) is 13.7. The molecule has 2 amide bonds. The van der Waals surface area contributed by atoms with E-state index in [-0.39, 0.29) is 11.8 Å². The second kappa shape index (κ2) is 12.0. The summed E-state index contributed by atoms with van der Waals surface area (Å²) in [6.07, 6.45) is 10.3. The van der Waals surface area contributed by atoms with Gasteiger partial charge in [0.15, 0.2) is 5.82 Å². The number of fused-ring (bicyclic) bond motifs is 2. The van der Waals surface area contributed by atoms with E-state index in [2.05, 4.69) is 20.5 Å². The highest BCUT2D eigenvalue weighted by Gasteiger charge is 2.32. The Morgan fingerprint density at radius 2 is 1.81 bits per heavy atom. The molecule has 2 N–H and O–H groups in total. The molecule has 196 valence electrons. The number of benzene rings is 1. The summed E-state index contributed by atoms with van der Waals surface area (Å²) in [7, 11) is 0. The van der Waals surface area contributed by atoms with E-state index in [4.69, 9.17) is 0 Å². The van der Waals surface area contributed by atoms with Gasteiger partial charge in [-0.05, 0) is 81.9 Å². The average molecular weight is 504 g/mol. The molecule has 0 bridgehead atoms. The van der Waals surface area contributed by atoms with Gasteiger partial charge in [-0.1, -0.05) is 25.0 Å². The van der Waals surface area contributed by atoms with Crippen LogP contribution in [0.1, 0.15) is 61.7 Å². The molecule has 0 radical (unpaired) electrons. The highest BCUT2D eigenvalue weighted by atomic mass is 16.2. The molecule has 3 heterocycles. The van der Waals surface area contributed by atoms with E-state index in [1.807, 2.05) is 12.1 Å². The molecule has 8 nitrogen and oxygen atoms in total. The van der Waals surface area contributed by atoms with Crippen LogP contribution in [0, 0.1) is 11.8 Å². The molecule has 1 aliphatic carbocycles. The van der Waals surface area contributed by atoms with E-state index in [9.17, 15) is 14.4 Å². The molecule has 0 spiro atoms. The molecule has 2 aromatic rings. The van der Waals surface area contributed by atoms with Crippen LogP contribution in [-0.4, -0.2) is 60.2 Å². The fraction of sp³-hybridized carbons (Fsp3) is 0.517. The fourth-order valence-electron chi connectivity index (χ4n) is 5.41. The van der Waals surface area contributed by atoms with Gasteiger partial charge < -0.3 is 10.6 Å². The van der Waals surface area contributed by atoms with Crippen LogP contribution >= 0.6 is 0 Å². The lowest BCUT2D eigenvalue weighted by molar-refractivity contribution is -0.120. The Morgan fingerprint density at radius 1 is 1.00 bits per heavy atom. The predicted octanol–water partition coefficient (Wildman–Crippen LogP) is 4.15. The van der Waals surface area contributed by atoms with E-state index >= 15 is 0 Å². The Labute approximate surface area is 218 Å². The first kappa shape index (κ1) is 25.5. The van der Waals surface area contributed by atoms with Crippen LogP contribution in [-0.2, 0) is 9.59 Å². The van der Waals surface area contributed by atoms with Gasteiger partial charge in [-0.2, -0.15) is 0 Å². The van der Waals surface area contributed by atoms with Gasteiger partial charge in [-0.25, -0.2) is 4.98 Å². The van der Waals surface area contributed by atoms with E-state index in [0.29, 0.717) is 53.3 Å². The quantitative estimate of drug-likeness (QED) is 0.448. The molecule has 1 saturated heterocycles. The summed E-state index contributed by atoms with van der Waals surface area (Å²) in [6, 6.07) is 10.7. The van der Waals surface area contributed by atoms with Gasteiger partial charge >= 0.3 is 0 Å². The molecule has 8 heteroatoms. The Morgan fingerprint density at radius 3 is 2.62 bits per heavy atom. The van der Waals surface area contributed by atoms with Crippen LogP contribution in [0.5, 0.6) is 0 Å². The second-order valence-electron chi connectivity index (χ2n) is 10.5. The Balaban J connectivity index is 1.08. The first-order valence-electron chi connectivity index (χ1n) is 13.7. The van der Waals surface area contributed by atoms with Gasteiger partial charge in [0.25, 0.3) is 5.91 Å². The third-order valence-electron chi connectivity index (χ3n) is 7.75. The number of pyridine rings is 1. The first-order chi connectivity index (χ1) is 18.1. The minimum Gasteiger partial charge on any atom is -0.319 e. The zero-order valence-corrected chi connectivity index (χ0v) is 21.5. The molecule has 5 rings (SSSR count). The molecule has 0 unspecified atom stereocenters. The van der Waals surface area contributed by atoms with Crippen molar-refractivity contribution in [3.8, 4) is 0 Å². The van der Waals surface area contributed by atoms with E-state index in [1.54, 1.807) is 35.4 Å². The Bertz CT molecular complexity index is 1120. The summed E-state index contributed by atoms with van der Waals surface area (Å²) in [5, 5.41) is 6.31. The summed E-state index contributed by atoms with van der Waals surface area (Å²) in [5.41, 5.74) is 1.58. The van der Waals surface area contributed by atoms with Crippen molar-refractivity contribution < 1.29 is 14.4 Å². The lowest BCUT2D eigenvalue weighted by Gasteiger charge is -2.33. The van der Waals surface area contributed by atoms with Crippen molar-refractivity contribution in [3.05, 3.63) is 48.2 Å². The molecule has 3 aliphatic rings. The number of carbonyl (C=O) groups is 3. The van der Waals surface area contributed by atoms with Crippen molar-refractivity contribution in [3.63, 3.8) is 0 Å². The summed E-state index contributed by atoms with van der Waals surface area (Å²) in [6.45, 7) is 3.90. The van der Waals surface area contributed by atoms with E-state index in [1.165, 1.54) is 12.8 Å². The van der Waals surface area contributed by atoms with Gasteiger partial charge in [0.05, 0.1) is 23.5 Å². The standard InChI is InChI=1S/C29H37N5O3/c35-26(22-10-11-22)12-17-30-15-4-3-6-21-13-18-33(19-14-21)20-27(36)34-25-9-2-1-7-23(25)29(37)32-24-8-5-16-31-28(24)34/h1-2,5,7-9,16,21-22,30H,3-4,6,10-15,17-20H2,(H,32,37). The van der Waals surface area contributed by atoms with Gasteiger partial charge in [-0.15, -0.1) is 0 Å². The molecule has 1 aromatic heterocycles. The highest BCUT2D eigenvalue weighted by molar-refractivity contribution is 6.17. The number of nitrogens with zero attached hydrogens (tertiary/aromatic N) is 3. The summed E-state index contributed by atoms with van der Waals surface area (Å²) >= 11 is 0. The van der Waals surface area contributed by atoms with Crippen molar-refractivity contribution >= 4 is 34.8 Å². The molecule has 37 heavy (non-hydrogen) atoms. The number of amides is 2. The van der Waals surface area contributed by atoms with Crippen molar-refractivity contribution in [1.29, 1.82) is 0 Å². The number of likely N-dealkylation sites (tertiary alicyclic amines) is 1. The Hall–Kier alpha value is -3.10. The van der Waals surface area contributed by atoms with Gasteiger partial charge in [0.2, 0.25) is 5.91 Å². The number of rotatable bonds is 11. The van der Waals surface area contributed by atoms with Crippen LogP contribution in [0.4, 0.5) is 17.2 Å². The van der Waals surface area contributed by atoms with Crippen molar-refractivity contribution in [1.82, 2.24) is 15.2 Å². The van der Waals surface area contributed by atoms with Gasteiger partial charge in [0, 0.05) is 25.1 Å². The van der Waals surface area contributed by atoms with Crippen LogP contribution < -0.4 is 15.5 Å². The number of carbonyl (C=O) groups excluding carboxylic acids is 3. The molecular weight excluding hydrogens is 466 g/mol. The van der Waals surface area contributed by atoms with Crippen molar-refractivity contribution in [2.45, 2.75) is 51.4 Å². The minimum atomic E-state index is -0.233. The summed E-state index contributed by atoms with van der Waals surface area (Å²) in [4.78, 5) is 46.4. The predicted molar refractivity (Wildman–Crippen MR) is 144 cm³/mol. The maximum absolute atomic E-state index is 13.6. The molecule has 1 saturated carbocycles. The molecular formula is C29H37N5O3. The minimum absolute atomic E-state index is 0.0754. The van der Waals surface area contributed by atoms with E-state index in [0.717, 1.165) is 58.3 Å². The molecule has 1 aromatic carbocycles. The number of anilines is 3. The van der Waals surface area contributed by atoms with Gasteiger partial charge in [-0.3, -0.25) is 24.2 Å². The number of nitrogens with one attached hydrogen (secondary N) is 2. The zero-order valence-electron chi connectivity index (χ0n) is 21.5. The Kier molecular flexibility index (Phi) is 8.26. The third-order valence-corrected chi connectivity index (χ3v) is 7.75. The number of piperidine rings is 1. The lowest BCUT2D eigenvalue weighted by Crippen LogP contribution is -2.42. The van der Waals surface area contributed by atoms with Crippen molar-refractivity contribution in [2.75, 3.05) is 42.9 Å².